The van der Waals surface area contributed by atoms with Gasteiger partial charge >= 0.3 is 0 Å². The summed E-state index contributed by atoms with van der Waals surface area (Å²) < 4.78 is 0. The summed E-state index contributed by atoms with van der Waals surface area (Å²) in [6.45, 7) is 2.89. The number of alkyl halides is 1. The van der Waals surface area contributed by atoms with Gasteiger partial charge in [-0.2, -0.15) is 0 Å². The van der Waals surface area contributed by atoms with Crippen molar-refractivity contribution in [3.63, 3.8) is 0 Å². The highest BCUT2D eigenvalue weighted by atomic mass is 79.9. The third-order valence-corrected chi connectivity index (χ3v) is 5.84. The summed E-state index contributed by atoms with van der Waals surface area (Å²) in [7, 11) is 0. The molecule has 1 aromatic rings. The maximum absolute atomic E-state index is 12.1. The Morgan fingerprint density at radius 3 is 3.00 bits per heavy atom. The molecule has 2 nitrogen and oxygen atoms in total. The lowest BCUT2D eigenvalue weighted by Gasteiger charge is -2.27. The summed E-state index contributed by atoms with van der Waals surface area (Å²) in [6.07, 6.45) is 5.99. The second-order valence-electron chi connectivity index (χ2n) is 4.90. The first-order valence-electron chi connectivity index (χ1n) is 6.71. The number of amides is 1. The fourth-order valence-electron chi connectivity index (χ4n) is 2.51. The van der Waals surface area contributed by atoms with Gasteiger partial charge in [-0.15, -0.1) is 11.3 Å². The molecule has 4 heteroatoms. The zero-order chi connectivity index (χ0) is 13.0. The molecule has 1 saturated carbocycles. The molecule has 0 saturated heterocycles. The van der Waals surface area contributed by atoms with Gasteiger partial charge in [-0.3, -0.25) is 4.79 Å². The smallest absolute Gasteiger partial charge is 0.261 e. The van der Waals surface area contributed by atoms with Gasteiger partial charge in [-0.1, -0.05) is 35.7 Å². The average Bonchev–Trinajstić information content (AvgIpc) is 2.86. The first kappa shape index (κ1) is 14.1. The van der Waals surface area contributed by atoms with Crippen molar-refractivity contribution in [3.05, 3.63) is 21.9 Å². The quantitative estimate of drug-likeness (QED) is 0.831. The Morgan fingerprint density at radius 1 is 1.50 bits per heavy atom. The molecule has 0 aliphatic heterocycles. The largest absolute Gasteiger partial charge is 0.351 e. The van der Waals surface area contributed by atoms with E-state index >= 15 is 0 Å². The molecule has 100 valence electrons. The van der Waals surface area contributed by atoms with E-state index in [9.17, 15) is 4.79 Å². The molecule has 0 radical (unpaired) electrons. The zero-order valence-corrected chi connectivity index (χ0v) is 13.1. The fourth-order valence-corrected chi connectivity index (χ4v) is 4.20. The minimum atomic E-state index is 0.104. The molecule has 2 rings (SSSR count). The highest BCUT2D eigenvalue weighted by Crippen LogP contribution is 2.29. The normalized spacial score (nSPS) is 23.9. The van der Waals surface area contributed by atoms with Gasteiger partial charge in [0.25, 0.3) is 5.91 Å². The van der Waals surface area contributed by atoms with E-state index in [0.29, 0.717) is 10.7 Å². The lowest BCUT2D eigenvalue weighted by atomic mass is 9.89. The lowest BCUT2D eigenvalue weighted by Crippen LogP contribution is -2.34. The van der Waals surface area contributed by atoms with E-state index in [2.05, 4.69) is 28.2 Å². The summed E-state index contributed by atoms with van der Waals surface area (Å²) in [5, 5.41) is 5.10. The molecule has 1 heterocycles. The van der Waals surface area contributed by atoms with E-state index in [1.54, 1.807) is 11.3 Å². The van der Waals surface area contributed by atoms with Crippen molar-refractivity contribution in [1.29, 1.82) is 0 Å². The van der Waals surface area contributed by atoms with Crippen LogP contribution in [0.1, 0.15) is 47.8 Å². The van der Waals surface area contributed by atoms with Crippen LogP contribution in [0.5, 0.6) is 0 Å². The first-order valence-corrected chi connectivity index (χ1v) is 8.50. The SMILES string of the molecule is CCc1ccsc1C(=O)NCC1CCCCC1Br. The number of thiophene rings is 1. The Kier molecular flexibility index (Phi) is 5.25. The third-order valence-electron chi connectivity index (χ3n) is 3.68. The molecule has 1 amide bonds. The molecular formula is C14H20BrNOS. The van der Waals surface area contributed by atoms with Crippen molar-refractivity contribution < 1.29 is 4.79 Å². The van der Waals surface area contributed by atoms with Crippen LogP contribution in [0.25, 0.3) is 0 Å². The second kappa shape index (κ2) is 6.71. The maximum Gasteiger partial charge on any atom is 0.261 e. The van der Waals surface area contributed by atoms with Gasteiger partial charge in [0.1, 0.15) is 0 Å². The van der Waals surface area contributed by atoms with Gasteiger partial charge in [-0.05, 0) is 42.2 Å². The zero-order valence-electron chi connectivity index (χ0n) is 10.7. The molecular weight excluding hydrogens is 310 g/mol. The number of hydrogen-bond donors (Lipinski definition) is 1. The van der Waals surface area contributed by atoms with Crippen LogP contribution in [0, 0.1) is 5.92 Å². The molecule has 0 aromatic carbocycles. The highest BCUT2D eigenvalue weighted by Gasteiger charge is 2.23. The monoisotopic (exact) mass is 329 g/mol. The number of carbonyl (C=O) groups is 1. The topological polar surface area (TPSA) is 29.1 Å². The van der Waals surface area contributed by atoms with Crippen LogP contribution in [0.4, 0.5) is 0 Å². The second-order valence-corrected chi connectivity index (χ2v) is 6.99. The minimum absolute atomic E-state index is 0.104. The molecule has 1 fully saturated rings. The fraction of sp³-hybridized carbons (Fsp3) is 0.643. The molecule has 1 aliphatic rings. The predicted octanol–water partition coefficient (Wildman–Crippen LogP) is 3.99. The number of halogens is 1. The van der Waals surface area contributed by atoms with Gasteiger partial charge in [0.05, 0.1) is 4.88 Å². The van der Waals surface area contributed by atoms with Crippen molar-refractivity contribution in [2.75, 3.05) is 6.54 Å². The van der Waals surface area contributed by atoms with Gasteiger partial charge in [0.15, 0.2) is 0 Å². The van der Waals surface area contributed by atoms with E-state index in [4.69, 9.17) is 0 Å². The van der Waals surface area contributed by atoms with Gasteiger partial charge in [0, 0.05) is 11.4 Å². The highest BCUT2D eigenvalue weighted by molar-refractivity contribution is 9.09. The molecule has 1 aromatic heterocycles. The van der Waals surface area contributed by atoms with Crippen molar-refractivity contribution in [3.8, 4) is 0 Å². The van der Waals surface area contributed by atoms with Crippen molar-refractivity contribution >= 4 is 33.2 Å². The third kappa shape index (κ3) is 3.35. The molecule has 1 N–H and O–H groups in total. The van der Waals surface area contributed by atoms with E-state index < -0.39 is 0 Å². The van der Waals surface area contributed by atoms with Crippen molar-refractivity contribution in [1.82, 2.24) is 5.32 Å². The van der Waals surface area contributed by atoms with Crippen LogP contribution in [0.2, 0.25) is 0 Å². The molecule has 2 unspecified atom stereocenters. The lowest BCUT2D eigenvalue weighted by molar-refractivity contribution is 0.0948. The van der Waals surface area contributed by atoms with Crippen LogP contribution in [0.15, 0.2) is 11.4 Å². The Morgan fingerprint density at radius 2 is 2.28 bits per heavy atom. The Labute approximate surface area is 121 Å². The van der Waals surface area contributed by atoms with Gasteiger partial charge in [-0.25, -0.2) is 0 Å². The van der Waals surface area contributed by atoms with Crippen LogP contribution >= 0.6 is 27.3 Å². The van der Waals surface area contributed by atoms with Gasteiger partial charge in [0.2, 0.25) is 0 Å². The van der Waals surface area contributed by atoms with Crippen LogP contribution < -0.4 is 5.32 Å². The summed E-state index contributed by atoms with van der Waals surface area (Å²) in [6, 6.07) is 2.05. The van der Waals surface area contributed by atoms with Crippen LogP contribution in [-0.4, -0.2) is 17.3 Å². The number of rotatable bonds is 4. The molecule has 0 bridgehead atoms. The molecule has 0 spiro atoms. The Balaban J connectivity index is 1.88. The van der Waals surface area contributed by atoms with E-state index in [0.717, 1.165) is 23.4 Å². The molecule has 1 aliphatic carbocycles. The van der Waals surface area contributed by atoms with Crippen LogP contribution in [0.3, 0.4) is 0 Å². The number of nitrogens with one attached hydrogen (secondary N) is 1. The summed E-state index contributed by atoms with van der Waals surface area (Å²) in [5.41, 5.74) is 1.16. The van der Waals surface area contributed by atoms with Crippen molar-refractivity contribution in [2.24, 2.45) is 5.92 Å². The predicted molar refractivity (Wildman–Crippen MR) is 80.7 cm³/mol. The minimum Gasteiger partial charge on any atom is -0.351 e. The average molecular weight is 330 g/mol. The van der Waals surface area contributed by atoms with Gasteiger partial charge < -0.3 is 5.32 Å². The van der Waals surface area contributed by atoms with E-state index in [-0.39, 0.29) is 5.91 Å². The number of hydrogen-bond acceptors (Lipinski definition) is 2. The molecule has 2 atom stereocenters. The Hall–Kier alpha value is -0.350. The summed E-state index contributed by atoms with van der Waals surface area (Å²) in [5.74, 6) is 0.694. The number of carbonyl (C=O) groups excluding carboxylic acids is 1. The molecule has 18 heavy (non-hydrogen) atoms. The van der Waals surface area contributed by atoms with E-state index in [1.165, 1.54) is 25.7 Å². The maximum atomic E-state index is 12.1. The standard InChI is InChI=1S/C14H20BrNOS/c1-2-10-7-8-18-13(10)14(17)16-9-11-5-3-4-6-12(11)15/h7-8,11-12H,2-6,9H2,1H3,(H,16,17). The Bertz CT molecular complexity index is 404. The van der Waals surface area contributed by atoms with E-state index in [1.807, 2.05) is 11.4 Å². The summed E-state index contributed by atoms with van der Waals surface area (Å²) in [4.78, 5) is 13.6. The van der Waals surface area contributed by atoms with Crippen LogP contribution in [-0.2, 0) is 6.42 Å². The van der Waals surface area contributed by atoms with Crippen molar-refractivity contribution in [2.45, 2.75) is 43.9 Å². The number of aryl methyl sites for hydroxylation is 1. The first-order chi connectivity index (χ1) is 8.72. The summed E-state index contributed by atoms with van der Waals surface area (Å²) >= 11 is 5.28.